The Labute approximate surface area is 210 Å². The third-order valence-electron chi connectivity index (χ3n) is 5.49. The summed E-state index contributed by atoms with van der Waals surface area (Å²) in [5, 5.41) is 8.32. The molecule has 3 aromatic rings. The van der Waals surface area contributed by atoms with Gasteiger partial charge < -0.3 is 24.8 Å². The van der Waals surface area contributed by atoms with E-state index in [1.807, 2.05) is 12.1 Å². The van der Waals surface area contributed by atoms with E-state index in [0.29, 0.717) is 46.9 Å². The van der Waals surface area contributed by atoms with Crippen LogP contribution in [0.15, 0.2) is 37.1 Å². The van der Waals surface area contributed by atoms with Crippen LogP contribution >= 0.6 is 11.6 Å². The highest BCUT2D eigenvalue weighted by Gasteiger charge is 2.22. The number of anilines is 1. The van der Waals surface area contributed by atoms with Crippen molar-refractivity contribution in [3.8, 4) is 22.8 Å². The molecule has 0 spiro atoms. The Hall–Kier alpha value is -3.36. The van der Waals surface area contributed by atoms with Crippen LogP contribution in [0, 0.1) is 0 Å². The minimum absolute atomic E-state index is 0.260. The number of hydrogen-bond donors (Lipinski definition) is 2. The number of nitrogens with zero attached hydrogens (tertiary/aromatic N) is 2. The van der Waals surface area contributed by atoms with Crippen LogP contribution in [0.25, 0.3) is 22.0 Å². The molecule has 0 aliphatic carbocycles. The van der Waals surface area contributed by atoms with Gasteiger partial charge in [-0.15, -0.1) is 0 Å². The maximum Gasteiger partial charge on any atom is 0.243 e. The van der Waals surface area contributed by atoms with Crippen LogP contribution in [0.2, 0.25) is 5.02 Å². The maximum absolute atomic E-state index is 11.6. The first-order valence-electron chi connectivity index (χ1n) is 11.3. The lowest BCUT2D eigenvalue weighted by atomic mass is 9.97. The van der Waals surface area contributed by atoms with Crippen LogP contribution in [-0.4, -0.2) is 50.4 Å². The zero-order valence-corrected chi connectivity index (χ0v) is 21.3. The molecule has 2 aromatic heterocycles. The third-order valence-corrected chi connectivity index (χ3v) is 5.87. The van der Waals surface area contributed by atoms with Crippen molar-refractivity contribution >= 4 is 34.1 Å². The van der Waals surface area contributed by atoms with Crippen LogP contribution in [-0.2, 0) is 22.5 Å². The lowest BCUT2D eigenvalue weighted by molar-refractivity contribution is -0.116. The molecule has 0 fully saturated rings. The molecular formula is C26H31ClN4O4. The van der Waals surface area contributed by atoms with Crippen molar-refractivity contribution in [2.75, 3.05) is 39.8 Å². The molecule has 1 amide bonds. The van der Waals surface area contributed by atoms with Crippen molar-refractivity contribution in [3.63, 3.8) is 0 Å². The number of carbonyl (C=O) groups excluding carboxylic acids is 1. The summed E-state index contributed by atoms with van der Waals surface area (Å²) in [5.74, 6) is 1.61. The van der Waals surface area contributed by atoms with Gasteiger partial charge in [0.1, 0.15) is 17.3 Å². The van der Waals surface area contributed by atoms with Crippen molar-refractivity contribution < 1.29 is 19.0 Å². The van der Waals surface area contributed by atoms with Crippen molar-refractivity contribution in [1.29, 1.82) is 0 Å². The second-order valence-corrected chi connectivity index (χ2v) is 8.17. The minimum Gasteiger partial charge on any atom is -0.496 e. The number of aromatic nitrogens is 2. The Bertz CT molecular complexity index is 1220. The Morgan fingerprint density at radius 2 is 1.94 bits per heavy atom. The summed E-state index contributed by atoms with van der Waals surface area (Å²) in [7, 11) is 4.85. The number of benzene rings is 1. The first-order chi connectivity index (χ1) is 17.0. The number of methoxy groups -OCH3 is 3. The summed E-state index contributed by atoms with van der Waals surface area (Å²) in [6.07, 6.45) is 4.66. The van der Waals surface area contributed by atoms with Crippen molar-refractivity contribution in [3.05, 3.63) is 53.3 Å². The molecule has 0 saturated carbocycles. The van der Waals surface area contributed by atoms with Gasteiger partial charge in [0.15, 0.2) is 0 Å². The second-order valence-electron chi connectivity index (χ2n) is 7.79. The summed E-state index contributed by atoms with van der Waals surface area (Å²) in [5.41, 5.74) is 3.11. The molecule has 0 aliphatic heterocycles. The molecule has 0 unspecified atom stereocenters. The first kappa shape index (κ1) is 26.2. The number of ether oxygens (including phenoxy) is 3. The number of pyridine rings is 2. The highest BCUT2D eigenvalue weighted by atomic mass is 35.5. The van der Waals surface area contributed by atoms with Crippen LogP contribution < -0.4 is 20.1 Å². The van der Waals surface area contributed by atoms with Gasteiger partial charge in [0.05, 0.1) is 43.8 Å². The zero-order valence-electron chi connectivity index (χ0n) is 20.5. The van der Waals surface area contributed by atoms with Crippen molar-refractivity contribution in [1.82, 2.24) is 15.3 Å². The van der Waals surface area contributed by atoms with Gasteiger partial charge in [-0.3, -0.25) is 9.78 Å². The van der Waals surface area contributed by atoms with Crippen molar-refractivity contribution in [2.45, 2.75) is 26.3 Å². The average molecular weight is 499 g/mol. The first-order valence-corrected chi connectivity index (χ1v) is 11.7. The van der Waals surface area contributed by atoms with Crippen LogP contribution in [0.3, 0.4) is 0 Å². The van der Waals surface area contributed by atoms with Gasteiger partial charge in [-0.1, -0.05) is 31.5 Å². The lowest BCUT2D eigenvalue weighted by Crippen LogP contribution is -2.20. The monoisotopic (exact) mass is 498 g/mol. The highest BCUT2D eigenvalue weighted by Crippen LogP contribution is 2.44. The van der Waals surface area contributed by atoms with E-state index in [1.54, 1.807) is 33.6 Å². The fraction of sp³-hybridized carbons (Fsp3) is 0.346. The SMILES string of the molecule is C=CC(=O)NCc1cc2c(NCCOC)nc(-c3c(Cl)c(OC)cc(OC)c3CCC)cc2cn1. The van der Waals surface area contributed by atoms with E-state index in [2.05, 4.69) is 29.1 Å². The van der Waals surface area contributed by atoms with Gasteiger partial charge in [0, 0.05) is 47.8 Å². The molecule has 1 aromatic carbocycles. The zero-order chi connectivity index (χ0) is 25.4. The van der Waals surface area contributed by atoms with E-state index in [-0.39, 0.29) is 12.5 Å². The lowest BCUT2D eigenvalue weighted by Gasteiger charge is -2.19. The molecule has 2 N–H and O–H groups in total. The number of fused-ring (bicyclic) bond motifs is 1. The third kappa shape index (κ3) is 6.01. The maximum atomic E-state index is 11.6. The molecule has 9 heteroatoms. The Kier molecular flexibility index (Phi) is 9.28. The fourth-order valence-corrected chi connectivity index (χ4v) is 4.16. The highest BCUT2D eigenvalue weighted by molar-refractivity contribution is 6.35. The summed E-state index contributed by atoms with van der Waals surface area (Å²) in [4.78, 5) is 21.1. The Morgan fingerprint density at radius 3 is 2.60 bits per heavy atom. The smallest absolute Gasteiger partial charge is 0.243 e. The molecule has 186 valence electrons. The number of rotatable bonds is 12. The van der Waals surface area contributed by atoms with E-state index in [0.717, 1.165) is 34.7 Å². The van der Waals surface area contributed by atoms with Crippen molar-refractivity contribution in [2.24, 2.45) is 0 Å². The van der Waals surface area contributed by atoms with E-state index in [4.69, 9.17) is 30.8 Å². The number of hydrogen-bond acceptors (Lipinski definition) is 7. The summed E-state index contributed by atoms with van der Waals surface area (Å²) in [6, 6.07) is 5.67. The summed E-state index contributed by atoms with van der Waals surface area (Å²) < 4.78 is 16.4. The van der Waals surface area contributed by atoms with Gasteiger partial charge in [-0.25, -0.2) is 4.98 Å². The van der Waals surface area contributed by atoms with E-state index < -0.39 is 0 Å². The Balaban J connectivity index is 2.21. The summed E-state index contributed by atoms with van der Waals surface area (Å²) >= 11 is 6.83. The number of carbonyl (C=O) groups is 1. The molecule has 0 saturated heterocycles. The number of nitrogens with one attached hydrogen (secondary N) is 2. The average Bonchev–Trinajstić information content (AvgIpc) is 2.87. The quantitative estimate of drug-likeness (QED) is 0.274. The van der Waals surface area contributed by atoms with E-state index >= 15 is 0 Å². The van der Waals surface area contributed by atoms with E-state index in [1.165, 1.54) is 6.08 Å². The molecule has 0 bridgehead atoms. The second kappa shape index (κ2) is 12.4. The normalized spacial score (nSPS) is 10.8. The standard InChI is InChI=1S/C26H31ClN4O4/c1-6-8-18-21(34-4)13-22(35-5)25(27)24(18)20-11-16-14-29-17(15-30-23(32)7-2)12-19(16)26(31-20)28-9-10-33-3/h7,11-14H,2,6,8-10,15H2,1,3-5H3,(H,28,31)(H,30,32). The van der Waals surface area contributed by atoms with Gasteiger partial charge in [-0.05, 0) is 24.6 Å². The predicted molar refractivity (Wildman–Crippen MR) is 139 cm³/mol. The van der Waals surface area contributed by atoms with Gasteiger partial charge in [0.2, 0.25) is 5.91 Å². The Morgan fingerprint density at radius 1 is 1.17 bits per heavy atom. The van der Waals surface area contributed by atoms with E-state index in [9.17, 15) is 4.79 Å². The molecule has 35 heavy (non-hydrogen) atoms. The molecule has 3 rings (SSSR count). The molecular weight excluding hydrogens is 468 g/mol. The number of halogens is 1. The largest absolute Gasteiger partial charge is 0.496 e. The van der Waals surface area contributed by atoms with Crippen LogP contribution in [0.4, 0.5) is 5.82 Å². The van der Waals surface area contributed by atoms with Crippen LogP contribution in [0.1, 0.15) is 24.6 Å². The molecule has 0 radical (unpaired) electrons. The topological polar surface area (TPSA) is 94.6 Å². The minimum atomic E-state index is -0.260. The molecule has 0 atom stereocenters. The van der Waals surface area contributed by atoms with Crippen LogP contribution in [0.5, 0.6) is 11.5 Å². The van der Waals surface area contributed by atoms with Gasteiger partial charge in [0.25, 0.3) is 0 Å². The summed E-state index contributed by atoms with van der Waals surface area (Å²) in [6.45, 7) is 6.92. The molecule has 2 heterocycles. The fourth-order valence-electron chi connectivity index (χ4n) is 3.81. The predicted octanol–water partition coefficient (Wildman–Crippen LogP) is 4.78. The molecule has 0 aliphatic rings. The van der Waals surface area contributed by atoms with Gasteiger partial charge >= 0.3 is 0 Å². The number of amides is 1. The van der Waals surface area contributed by atoms with Gasteiger partial charge in [-0.2, -0.15) is 0 Å². The molecule has 8 nitrogen and oxygen atoms in total.